The summed E-state index contributed by atoms with van der Waals surface area (Å²) in [7, 11) is 0. The molecule has 0 saturated heterocycles. The van der Waals surface area contributed by atoms with Crippen molar-refractivity contribution in [3.63, 3.8) is 0 Å². The molecule has 0 aliphatic rings. The van der Waals surface area contributed by atoms with E-state index in [9.17, 15) is 9.18 Å². The summed E-state index contributed by atoms with van der Waals surface area (Å²) in [6.07, 6.45) is 4.50. The van der Waals surface area contributed by atoms with Gasteiger partial charge < -0.3 is 9.47 Å². The normalized spacial score (nSPS) is 11.2. The van der Waals surface area contributed by atoms with Crippen molar-refractivity contribution < 1.29 is 18.7 Å². The van der Waals surface area contributed by atoms with E-state index in [0.29, 0.717) is 5.75 Å². The highest BCUT2D eigenvalue weighted by atomic mass is 19.1. The van der Waals surface area contributed by atoms with Crippen molar-refractivity contribution in [1.82, 2.24) is 0 Å². The second-order valence-electron chi connectivity index (χ2n) is 5.48. The van der Waals surface area contributed by atoms with Crippen molar-refractivity contribution in [3.05, 3.63) is 77.5 Å². The molecule has 0 spiro atoms. The Balaban J connectivity index is 2.12. The van der Waals surface area contributed by atoms with Crippen LogP contribution in [0.1, 0.15) is 42.1 Å². The highest BCUT2D eigenvalue weighted by molar-refractivity contribution is 5.89. The molecule has 4 heteroatoms. The van der Waals surface area contributed by atoms with Crippen molar-refractivity contribution in [2.75, 3.05) is 0 Å². The van der Waals surface area contributed by atoms with Crippen LogP contribution in [0.15, 0.2) is 60.6 Å². The highest BCUT2D eigenvalue weighted by Crippen LogP contribution is 2.18. The van der Waals surface area contributed by atoms with Gasteiger partial charge >= 0.3 is 5.97 Å². The van der Waals surface area contributed by atoms with Crippen LogP contribution in [0.5, 0.6) is 5.75 Å². The maximum atomic E-state index is 13.0. The summed E-state index contributed by atoms with van der Waals surface area (Å²) in [5.41, 5.74) is 1.32. The SMILES string of the molecule is CCCC/C=C(\OC(=O)c1ccc(F)cc1)Oc1cccc(C)c1. The summed E-state index contributed by atoms with van der Waals surface area (Å²) in [6, 6.07) is 12.7. The second-order valence-corrected chi connectivity index (χ2v) is 5.48. The molecule has 0 heterocycles. The number of benzene rings is 2. The number of carbonyl (C=O) groups is 1. The largest absolute Gasteiger partial charge is 0.426 e. The van der Waals surface area contributed by atoms with Gasteiger partial charge in [-0.1, -0.05) is 25.5 Å². The van der Waals surface area contributed by atoms with Crippen LogP contribution in [0.3, 0.4) is 0 Å². The first-order chi connectivity index (χ1) is 11.6. The smallest absolute Gasteiger partial charge is 0.345 e. The first-order valence-corrected chi connectivity index (χ1v) is 8.01. The predicted molar refractivity (Wildman–Crippen MR) is 91.2 cm³/mol. The Morgan fingerprint density at radius 2 is 1.92 bits per heavy atom. The third-order valence-electron chi connectivity index (χ3n) is 3.35. The molecule has 126 valence electrons. The van der Waals surface area contributed by atoms with E-state index in [4.69, 9.17) is 9.47 Å². The van der Waals surface area contributed by atoms with Crippen molar-refractivity contribution in [2.45, 2.75) is 33.1 Å². The van der Waals surface area contributed by atoms with E-state index in [-0.39, 0.29) is 11.5 Å². The van der Waals surface area contributed by atoms with Gasteiger partial charge in [0.05, 0.1) is 5.56 Å². The van der Waals surface area contributed by atoms with Crippen LogP contribution in [-0.2, 0) is 4.74 Å². The van der Waals surface area contributed by atoms with Crippen molar-refractivity contribution in [3.8, 4) is 5.75 Å². The third-order valence-corrected chi connectivity index (χ3v) is 3.35. The van der Waals surface area contributed by atoms with Crippen molar-refractivity contribution >= 4 is 5.97 Å². The summed E-state index contributed by atoms with van der Waals surface area (Å²) in [6.45, 7) is 4.04. The molecule has 0 unspecified atom stereocenters. The lowest BCUT2D eigenvalue weighted by atomic mass is 10.2. The Hall–Kier alpha value is -2.62. The zero-order valence-corrected chi connectivity index (χ0v) is 13.9. The Morgan fingerprint density at radius 3 is 2.58 bits per heavy atom. The average Bonchev–Trinajstić information content (AvgIpc) is 2.55. The van der Waals surface area contributed by atoms with E-state index < -0.39 is 11.8 Å². The van der Waals surface area contributed by atoms with Gasteiger partial charge in [0.1, 0.15) is 11.6 Å². The number of rotatable bonds is 7. The summed E-state index contributed by atoms with van der Waals surface area (Å²) in [5, 5.41) is 0. The van der Waals surface area contributed by atoms with Crippen LogP contribution in [0.2, 0.25) is 0 Å². The van der Waals surface area contributed by atoms with Crippen LogP contribution in [0, 0.1) is 12.7 Å². The van der Waals surface area contributed by atoms with E-state index in [1.807, 2.05) is 25.1 Å². The second kappa shape index (κ2) is 8.87. The third kappa shape index (κ3) is 5.54. The molecule has 0 radical (unpaired) electrons. The summed E-state index contributed by atoms with van der Waals surface area (Å²) < 4.78 is 24.0. The molecule has 0 aliphatic heterocycles. The monoisotopic (exact) mass is 328 g/mol. The lowest BCUT2D eigenvalue weighted by molar-refractivity contribution is 0.0474. The summed E-state index contributed by atoms with van der Waals surface area (Å²) in [5.74, 6) is -0.236. The van der Waals surface area contributed by atoms with Crippen LogP contribution >= 0.6 is 0 Å². The van der Waals surface area contributed by atoms with Gasteiger partial charge in [0.15, 0.2) is 0 Å². The zero-order valence-electron chi connectivity index (χ0n) is 13.9. The van der Waals surface area contributed by atoms with Gasteiger partial charge in [-0.05, 0) is 67.8 Å². The van der Waals surface area contributed by atoms with Crippen LogP contribution in [0.25, 0.3) is 0 Å². The minimum Gasteiger partial charge on any atom is -0.426 e. The number of halogens is 1. The van der Waals surface area contributed by atoms with Crippen LogP contribution in [-0.4, -0.2) is 5.97 Å². The van der Waals surface area contributed by atoms with Gasteiger partial charge in [0.25, 0.3) is 5.95 Å². The number of hydrogen-bond acceptors (Lipinski definition) is 3. The number of unbranched alkanes of at least 4 members (excludes halogenated alkanes) is 2. The van der Waals surface area contributed by atoms with Crippen LogP contribution < -0.4 is 4.74 Å². The molecule has 0 atom stereocenters. The fourth-order valence-electron chi connectivity index (χ4n) is 2.06. The molecule has 0 bridgehead atoms. The number of carbonyl (C=O) groups excluding carboxylic acids is 1. The Bertz CT molecular complexity index is 705. The van der Waals surface area contributed by atoms with Crippen molar-refractivity contribution in [1.29, 1.82) is 0 Å². The molecule has 2 rings (SSSR count). The predicted octanol–water partition coefficient (Wildman–Crippen LogP) is 5.40. The highest BCUT2D eigenvalue weighted by Gasteiger charge is 2.12. The van der Waals surface area contributed by atoms with Gasteiger partial charge in [-0.25, -0.2) is 9.18 Å². The molecule has 2 aromatic rings. The van der Waals surface area contributed by atoms with E-state index in [1.54, 1.807) is 12.1 Å². The summed E-state index contributed by atoms with van der Waals surface area (Å²) >= 11 is 0. The Kier molecular flexibility index (Phi) is 6.55. The van der Waals surface area contributed by atoms with Gasteiger partial charge in [0, 0.05) is 0 Å². The summed E-state index contributed by atoms with van der Waals surface area (Å²) in [4.78, 5) is 12.2. The van der Waals surface area contributed by atoms with Gasteiger partial charge in [-0.2, -0.15) is 0 Å². The van der Waals surface area contributed by atoms with E-state index in [0.717, 1.165) is 24.8 Å². The molecule has 2 aromatic carbocycles. The lowest BCUT2D eigenvalue weighted by Gasteiger charge is -2.11. The zero-order chi connectivity index (χ0) is 17.4. The first-order valence-electron chi connectivity index (χ1n) is 8.01. The maximum absolute atomic E-state index is 13.0. The molecule has 0 aliphatic carbocycles. The van der Waals surface area contributed by atoms with Gasteiger partial charge in [-0.15, -0.1) is 0 Å². The topological polar surface area (TPSA) is 35.5 Å². The minimum atomic E-state index is -0.578. The number of hydrogen-bond donors (Lipinski definition) is 0. The van der Waals surface area contributed by atoms with E-state index in [1.165, 1.54) is 24.3 Å². The number of esters is 1. The van der Waals surface area contributed by atoms with E-state index in [2.05, 4.69) is 6.92 Å². The van der Waals surface area contributed by atoms with Gasteiger partial charge in [-0.3, -0.25) is 0 Å². The van der Waals surface area contributed by atoms with E-state index >= 15 is 0 Å². The Labute approximate surface area is 141 Å². The molecular formula is C20H21FO3. The van der Waals surface area contributed by atoms with Crippen molar-refractivity contribution in [2.24, 2.45) is 0 Å². The number of aryl methyl sites for hydroxylation is 1. The lowest BCUT2D eigenvalue weighted by Crippen LogP contribution is -2.09. The maximum Gasteiger partial charge on any atom is 0.345 e. The number of ether oxygens (including phenoxy) is 2. The molecule has 0 N–H and O–H groups in total. The Morgan fingerprint density at radius 1 is 1.17 bits per heavy atom. The molecular weight excluding hydrogens is 307 g/mol. The molecule has 0 aromatic heterocycles. The average molecular weight is 328 g/mol. The standard InChI is InChI=1S/C20H21FO3/c1-3-4-5-9-19(23-18-8-6-7-15(2)14-18)24-20(22)16-10-12-17(21)13-11-16/h6-14H,3-5H2,1-2H3/b19-9-. The van der Waals surface area contributed by atoms with Gasteiger partial charge in [0.2, 0.25) is 0 Å². The molecule has 0 amide bonds. The molecule has 24 heavy (non-hydrogen) atoms. The molecule has 3 nitrogen and oxygen atoms in total. The molecule has 0 fully saturated rings. The molecule has 0 saturated carbocycles. The quantitative estimate of drug-likeness (QED) is 0.388. The van der Waals surface area contributed by atoms with Crippen LogP contribution in [0.4, 0.5) is 4.39 Å². The fraction of sp³-hybridized carbons (Fsp3) is 0.250. The fourth-order valence-corrected chi connectivity index (χ4v) is 2.06. The first kappa shape index (κ1) is 17.7. The minimum absolute atomic E-state index is 0.142. The number of allylic oxidation sites excluding steroid dienone is 1.